The second-order valence-corrected chi connectivity index (χ2v) is 8.98. The minimum atomic E-state index is -3.04. The van der Waals surface area contributed by atoms with Gasteiger partial charge in [-0.15, -0.1) is 4.99 Å². The first-order valence-corrected chi connectivity index (χ1v) is 9.43. The fourth-order valence-corrected chi connectivity index (χ4v) is 6.79. The molecule has 2 unspecified atom stereocenters. The van der Waals surface area contributed by atoms with Gasteiger partial charge in [0.05, 0.1) is 6.61 Å². The van der Waals surface area contributed by atoms with Gasteiger partial charge in [0, 0.05) is 25.4 Å². The van der Waals surface area contributed by atoms with E-state index >= 15 is 0 Å². The number of rotatable bonds is 6. The topological polar surface area (TPSA) is 68.9 Å². The third-order valence-corrected chi connectivity index (χ3v) is 8.15. The van der Waals surface area contributed by atoms with Crippen LogP contribution in [-0.4, -0.2) is 47.5 Å². The Morgan fingerprint density at radius 2 is 2.26 bits per heavy atom. The van der Waals surface area contributed by atoms with Crippen LogP contribution in [0.25, 0.3) is 0 Å². The average Bonchev–Trinajstić information content (AvgIpc) is 2.72. The lowest BCUT2D eigenvalue weighted by Gasteiger charge is -2.29. The van der Waals surface area contributed by atoms with Gasteiger partial charge < -0.3 is 9.42 Å². The van der Waals surface area contributed by atoms with E-state index in [1.54, 1.807) is 10.9 Å². The summed E-state index contributed by atoms with van der Waals surface area (Å²) in [6.07, 6.45) is 2.68. The Morgan fingerprint density at radius 3 is 2.79 bits per heavy atom. The molecule has 108 valence electrons. The van der Waals surface area contributed by atoms with Crippen LogP contribution >= 0.6 is 18.1 Å². The Balaban J connectivity index is 3.02. The number of nitriles is 1. The predicted octanol–water partition coefficient (Wildman–Crippen LogP) is 2.75. The Bertz CT molecular complexity index is 423. The highest BCUT2D eigenvalue weighted by molar-refractivity contribution is 8.56. The zero-order chi connectivity index (χ0) is 14.5. The van der Waals surface area contributed by atoms with Gasteiger partial charge in [-0.25, -0.2) is 0 Å². The highest BCUT2D eigenvalue weighted by Gasteiger charge is 2.41. The van der Waals surface area contributed by atoms with Gasteiger partial charge in [-0.05, 0) is 24.7 Å². The highest BCUT2D eigenvalue weighted by atomic mass is 32.7. The zero-order valence-corrected chi connectivity index (χ0v) is 13.6. The summed E-state index contributed by atoms with van der Waals surface area (Å²) >= 11 is 1.34. The predicted molar refractivity (Wildman–Crippen MR) is 79.0 cm³/mol. The first kappa shape index (κ1) is 16.4. The number of nitrogens with zero attached hydrogens (tertiary/aromatic N) is 4. The standard InChI is InChI=1S/C11H21N4O2PS/c1-5-10(3)19-18(16,17-6-2)15-8-7-14(4)11(15)13-9-12/h10H,5-8H2,1-4H3. The van der Waals surface area contributed by atoms with Crippen molar-refractivity contribution < 1.29 is 9.09 Å². The summed E-state index contributed by atoms with van der Waals surface area (Å²) in [6.45, 7) is 4.50. The van der Waals surface area contributed by atoms with Crippen LogP contribution in [0.5, 0.6) is 0 Å². The summed E-state index contributed by atoms with van der Waals surface area (Å²) in [4.78, 5) is 5.60. The van der Waals surface area contributed by atoms with Crippen molar-refractivity contribution in [1.82, 2.24) is 9.57 Å². The number of guanidine groups is 1. The lowest BCUT2D eigenvalue weighted by Crippen LogP contribution is -2.29. The largest absolute Gasteiger partial charge is 0.356 e. The number of likely N-dealkylation sites (N-methyl/N-ethyl adjacent to an activating group) is 1. The van der Waals surface area contributed by atoms with E-state index in [1.165, 1.54) is 11.4 Å². The lowest BCUT2D eigenvalue weighted by atomic mass is 10.4. The third-order valence-electron chi connectivity index (χ3n) is 2.85. The van der Waals surface area contributed by atoms with Gasteiger partial charge in [0.1, 0.15) is 0 Å². The van der Waals surface area contributed by atoms with E-state index in [2.05, 4.69) is 4.99 Å². The van der Waals surface area contributed by atoms with Crippen molar-refractivity contribution in [3.05, 3.63) is 0 Å². The molecule has 19 heavy (non-hydrogen) atoms. The van der Waals surface area contributed by atoms with Gasteiger partial charge in [0.25, 0.3) is 0 Å². The van der Waals surface area contributed by atoms with Gasteiger partial charge >= 0.3 is 6.72 Å². The van der Waals surface area contributed by atoms with Crippen LogP contribution in [0.1, 0.15) is 27.2 Å². The molecule has 1 saturated heterocycles. The van der Waals surface area contributed by atoms with E-state index in [-0.39, 0.29) is 5.25 Å². The van der Waals surface area contributed by atoms with E-state index in [0.717, 1.165) is 6.42 Å². The number of hydrogen-bond acceptors (Lipinski definition) is 5. The second-order valence-electron chi connectivity index (χ2n) is 4.27. The van der Waals surface area contributed by atoms with Crippen LogP contribution in [0, 0.1) is 11.5 Å². The molecule has 0 aromatic heterocycles. The molecule has 0 spiro atoms. The average molecular weight is 304 g/mol. The molecule has 0 amide bonds. The van der Waals surface area contributed by atoms with Gasteiger partial charge in [-0.1, -0.05) is 13.8 Å². The molecule has 1 fully saturated rings. The fourth-order valence-electron chi connectivity index (χ4n) is 1.68. The first-order valence-electron chi connectivity index (χ1n) is 6.37. The van der Waals surface area contributed by atoms with E-state index in [9.17, 15) is 4.57 Å². The van der Waals surface area contributed by atoms with Crippen LogP contribution in [0.15, 0.2) is 4.99 Å². The van der Waals surface area contributed by atoms with Gasteiger partial charge in [0.15, 0.2) is 0 Å². The van der Waals surface area contributed by atoms with E-state index in [0.29, 0.717) is 25.7 Å². The highest BCUT2D eigenvalue weighted by Crippen LogP contribution is 2.65. The summed E-state index contributed by atoms with van der Waals surface area (Å²) in [5.41, 5.74) is 0. The van der Waals surface area contributed by atoms with Crippen LogP contribution in [0.2, 0.25) is 0 Å². The maximum absolute atomic E-state index is 13.1. The summed E-state index contributed by atoms with van der Waals surface area (Å²) in [7, 11) is 1.83. The molecule has 1 rings (SSSR count). The summed E-state index contributed by atoms with van der Waals surface area (Å²) in [5, 5.41) is 8.99. The second kappa shape index (κ2) is 7.18. The molecule has 1 heterocycles. The van der Waals surface area contributed by atoms with Gasteiger partial charge in [-0.2, -0.15) is 5.26 Å². The van der Waals surface area contributed by atoms with Gasteiger partial charge in [0.2, 0.25) is 12.2 Å². The Hall–Kier alpha value is -0.700. The quantitative estimate of drug-likeness (QED) is 0.555. The number of hydrogen-bond donors (Lipinski definition) is 0. The van der Waals surface area contributed by atoms with Crippen molar-refractivity contribution in [1.29, 1.82) is 5.26 Å². The molecule has 0 radical (unpaired) electrons. The van der Waals surface area contributed by atoms with E-state index < -0.39 is 6.72 Å². The Labute approximate surface area is 119 Å². The molecule has 6 nitrogen and oxygen atoms in total. The fraction of sp³-hybridized carbons (Fsp3) is 0.818. The molecular formula is C11H21N4O2PS. The maximum atomic E-state index is 13.1. The Kier molecular flexibility index (Phi) is 6.18. The van der Waals surface area contributed by atoms with E-state index in [4.69, 9.17) is 9.79 Å². The molecular weight excluding hydrogens is 283 g/mol. The zero-order valence-electron chi connectivity index (χ0n) is 11.9. The molecule has 8 heteroatoms. The van der Waals surface area contributed by atoms with Crippen LogP contribution in [0.3, 0.4) is 0 Å². The van der Waals surface area contributed by atoms with Crippen LogP contribution in [0.4, 0.5) is 0 Å². The molecule has 0 aromatic carbocycles. The SMILES string of the molecule is CCOP(=O)(SC(C)CC)N1CCN(C)C1=NC#N. The molecule has 1 aliphatic rings. The smallest absolute Gasteiger partial charge is 0.343 e. The maximum Gasteiger partial charge on any atom is 0.356 e. The van der Waals surface area contributed by atoms with Crippen molar-refractivity contribution in [2.24, 2.45) is 4.99 Å². The molecule has 1 aliphatic heterocycles. The summed E-state index contributed by atoms with van der Waals surface area (Å²) in [6, 6.07) is 0. The van der Waals surface area contributed by atoms with Crippen molar-refractivity contribution in [3.8, 4) is 6.19 Å². The monoisotopic (exact) mass is 304 g/mol. The van der Waals surface area contributed by atoms with Crippen molar-refractivity contribution in [2.75, 3.05) is 26.7 Å². The summed E-state index contributed by atoms with van der Waals surface area (Å²) in [5.74, 6) is 0.440. The van der Waals surface area contributed by atoms with Crippen LogP contribution < -0.4 is 0 Å². The minimum Gasteiger partial charge on any atom is -0.343 e. The van der Waals surface area contributed by atoms with Crippen molar-refractivity contribution in [3.63, 3.8) is 0 Å². The molecule has 0 bridgehead atoms. The number of aliphatic imine (C=N–C) groups is 1. The molecule has 0 N–H and O–H groups in total. The molecule has 0 aliphatic carbocycles. The molecule has 0 saturated carbocycles. The molecule has 2 atom stereocenters. The van der Waals surface area contributed by atoms with Crippen molar-refractivity contribution >= 4 is 24.1 Å². The summed E-state index contributed by atoms with van der Waals surface area (Å²) < 4.78 is 20.3. The third kappa shape index (κ3) is 3.88. The molecule has 0 aromatic rings. The van der Waals surface area contributed by atoms with E-state index in [1.807, 2.05) is 32.7 Å². The van der Waals surface area contributed by atoms with Gasteiger partial charge in [-0.3, -0.25) is 9.24 Å². The minimum absolute atomic E-state index is 0.228. The normalized spacial score (nSPS) is 22.4. The van der Waals surface area contributed by atoms with Crippen LogP contribution in [-0.2, 0) is 9.09 Å². The lowest BCUT2D eigenvalue weighted by molar-refractivity contribution is 0.320. The first-order chi connectivity index (χ1) is 8.98. The Morgan fingerprint density at radius 1 is 1.58 bits per heavy atom. The van der Waals surface area contributed by atoms with Crippen molar-refractivity contribution in [2.45, 2.75) is 32.4 Å².